The maximum Gasteiger partial charge on any atom is 0.0887 e. The van der Waals surface area contributed by atoms with Gasteiger partial charge in [-0.3, -0.25) is 4.84 Å². The first kappa shape index (κ1) is 16.4. The first-order valence-electron chi connectivity index (χ1n) is 8.33. The second kappa shape index (κ2) is 5.54. The van der Waals surface area contributed by atoms with Crippen LogP contribution in [0.15, 0.2) is 29.2 Å². The predicted molar refractivity (Wildman–Crippen MR) is 94.2 cm³/mol. The van der Waals surface area contributed by atoms with Gasteiger partial charge in [0.15, 0.2) is 0 Å². The van der Waals surface area contributed by atoms with Crippen molar-refractivity contribution in [2.24, 2.45) is 11.8 Å². The summed E-state index contributed by atoms with van der Waals surface area (Å²) in [4.78, 5) is 7.51. The second-order valence-electron chi connectivity index (χ2n) is 8.01. The number of thioether (sulfide) groups is 1. The Morgan fingerprint density at radius 1 is 1.14 bits per heavy atom. The van der Waals surface area contributed by atoms with Gasteiger partial charge in [-0.15, -0.1) is 11.8 Å². The Morgan fingerprint density at radius 2 is 1.77 bits per heavy atom. The lowest BCUT2D eigenvalue weighted by atomic mass is 9.59. The van der Waals surface area contributed by atoms with E-state index < -0.39 is 0 Å². The van der Waals surface area contributed by atoms with Crippen molar-refractivity contribution in [3.8, 4) is 0 Å². The van der Waals surface area contributed by atoms with Crippen molar-refractivity contribution in [1.29, 1.82) is 0 Å². The second-order valence-corrected chi connectivity index (χ2v) is 8.89. The summed E-state index contributed by atoms with van der Waals surface area (Å²) in [6.07, 6.45) is 4.58. The lowest BCUT2D eigenvalue weighted by Gasteiger charge is -2.46. The van der Waals surface area contributed by atoms with Gasteiger partial charge in [-0.2, -0.15) is 5.06 Å². The first-order valence-corrected chi connectivity index (χ1v) is 9.56. The number of rotatable bonds is 2. The number of nitrogens with zero attached hydrogens (tertiary/aromatic N) is 1. The van der Waals surface area contributed by atoms with Crippen molar-refractivity contribution in [3.05, 3.63) is 29.8 Å². The smallest absolute Gasteiger partial charge is 0.0887 e. The summed E-state index contributed by atoms with van der Waals surface area (Å²) in [6, 6.07) is 9.76. The number of benzene rings is 1. The van der Waals surface area contributed by atoms with Gasteiger partial charge in [-0.25, -0.2) is 0 Å². The monoisotopic (exact) mass is 319 g/mol. The Bertz CT molecular complexity index is 541. The first-order chi connectivity index (χ1) is 10.3. The van der Waals surface area contributed by atoms with E-state index in [0.29, 0.717) is 17.9 Å². The van der Waals surface area contributed by atoms with Crippen LogP contribution in [0.1, 0.15) is 46.1 Å². The Hall–Kier alpha value is -0.510. The summed E-state index contributed by atoms with van der Waals surface area (Å²) >= 11 is 1.81. The SMILES string of the molecule is CSc1ccc(C2(C)CC(C)C3C(C2)C(C)(C)ON3C)cc1. The van der Waals surface area contributed by atoms with Crippen LogP contribution in [0.4, 0.5) is 0 Å². The lowest BCUT2D eigenvalue weighted by molar-refractivity contribution is -0.182. The zero-order valence-electron chi connectivity index (χ0n) is 14.7. The Labute approximate surface area is 139 Å². The normalized spacial score (nSPS) is 38.0. The zero-order valence-corrected chi connectivity index (χ0v) is 15.5. The molecule has 1 saturated heterocycles. The van der Waals surface area contributed by atoms with Gasteiger partial charge in [0, 0.05) is 23.9 Å². The third-order valence-electron chi connectivity index (χ3n) is 5.92. The number of hydrogen-bond donors (Lipinski definition) is 0. The van der Waals surface area contributed by atoms with Crippen molar-refractivity contribution < 1.29 is 4.84 Å². The van der Waals surface area contributed by atoms with Crippen molar-refractivity contribution in [1.82, 2.24) is 5.06 Å². The third-order valence-corrected chi connectivity index (χ3v) is 6.66. The molecule has 0 spiro atoms. The Kier molecular flexibility index (Phi) is 4.12. The average Bonchev–Trinajstić information content (AvgIpc) is 2.68. The molecule has 0 N–H and O–H groups in total. The largest absolute Gasteiger partial charge is 0.293 e. The molecule has 4 atom stereocenters. The van der Waals surface area contributed by atoms with Crippen molar-refractivity contribution in [3.63, 3.8) is 0 Å². The molecule has 1 aliphatic heterocycles. The van der Waals surface area contributed by atoms with E-state index in [1.165, 1.54) is 23.3 Å². The molecule has 22 heavy (non-hydrogen) atoms. The van der Waals surface area contributed by atoms with Gasteiger partial charge in [0.05, 0.1) is 5.60 Å². The Balaban J connectivity index is 1.92. The summed E-state index contributed by atoms with van der Waals surface area (Å²) in [5, 5.41) is 2.13. The molecule has 0 aromatic heterocycles. The number of hydroxylamine groups is 2. The van der Waals surface area contributed by atoms with Gasteiger partial charge >= 0.3 is 0 Å². The molecular weight excluding hydrogens is 290 g/mol. The van der Waals surface area contributed by atoms with Gasteiger partial charge in [-0.1, -0.05) is 26.0 Å². The van der Waals surface area contributed by atoms with Crippen molar-refractivity contribution in [2.75, 3.05) is 13.3 Å². The van der Waals surface area contributed by atoms with E-state index >= 15 is 0 Å². The van der Waals surface area contributed by atoms with Crippen LogP contribution < -0.4 is 0 Å². The van der Waals surface area contributed by atoms with Gasteiger partial charge < -0.3 is 0 Å². The molecule has 0 bridgehead atoms. The molecule has 1 aromatic rings. The molecule has 4 unspecified atom stereocenters. The van der Waals surface area contributed by atoms with E-state index in [2.05, 4.69) is 70.3 Å². The summed E-state index contributed by atoms with van der Waals surface area (Å²) in [5.41, 5.74) is 1.68. The van der Waals surface area contributed by atoms with Gasteiger partial charge in [0.2, 0.25) is 0 Å². The van der Waals surface area contributed by atoms with Crippen LogP contribution >= 0.6 is 11.8 Å². The Morgan fingerprint density at radius 3 is 2.36 bits per heavy atom. The molecule has 3 heteroatoms. The molecule has 2 fully saturated rings. The molecule has 1 saturated carbocycles. The fourth-order valence-electron chi connectivity index (χ4n) is 4.91. The molecule has 0 amide bonds. The van der Waals surface area contributed by atoms with Crippen molar-refractivity contribution >= 4 is 11.8 Å². The summed E-state index contributed by atoms with van der Waals surface area (Å²) in [5.74, 6) is 1.24. The predicted octanol–water partition coefficient (Wildman–Crippen LogP) is 4.74. The molecule has 1 aliphatic carbocycles. The summed E-state index contributed by atoms with van der Waals surface area (Å²) in [6.45, 7) is 9.35. The topological polar surface area (TPSA) is 12.5 Å². The van der Waals surface area contributed by atoms with Crippen LogP contribution in [0, 0.1) is 11.8 Å². The van der Waals surface area contributed by atoms with Crippen LogP contribution in [0.5, 0.6) is 0 Å². The number of hydrogen-bond acceptors (Lipinski definition) is 3. The zero-order chi connectivity index (χ0) is 16.1. The van der Waals surface area contributed by atoms with Gasteiger partial charge in [0.25, 0.3) is 0 Å². The van der Waals surface area contributed by atoms with E-state index in [-0.39, 0.29) is 11.0 Å². The molecule has 0 radical (unpaired) electrons. The van der Waals surface area contributed by atoms with Crippen LogP contribution in [-0.2, 0) is 10.3 Å². The van der Waals surface area contributed by atoms with E-state index in [0.717, 1.165) is 0 Å². The standard InChI is InChI=1S/C19H29NOS/c1-13-11-19(4,14-7-9-15(22-6)10-8-14)12-16-17(13)20(5)21-18(16,2)3/h7-10,13,16-17H,11-12H2,1-6H3. The van der Waals surface area contributed by atoms with E-state index in [4.69, 9.17) is 4.84 Å². The van der Waals surface area contributed by atoms with Crippen LogP contribution in [0.2, 0.25) is 0 Å². The van der Waals surface area contributed by atoms with Gasteiger partial charge in [0.1, 0.15) is 0 Å². The summed E-state index contributed by atoms with van der Waals surface area (Å²) in [7, 11) is 2.11. The van der Waals surface area contributed by atoms with E-state index in [9.17, 15) is 0 Å². The van der Waals surface area contributed by atoms with Crippen molar-refractivity contribution in [2.45, 2.75) is 62.5 Å². The molecule has 122 valence electrons. The minimum absolute atomic E-state index is 0.0609. The summed E-state index contributed by atoms with van der Waals surface area (Å²) < 4.78 is 0. The molecule has 2 aliphatic rings. The highest BCUT2D eigenvalue weighted by molar-refractivity contribution is 7.98. The minimum atomic E-state index is -0.0609. The number of fused-ring (bicyclic) bond motifs is 1. The quantitative estimate of drug-likeness (QED) is 0.731. The van der Waals surface area contributed by atoms with Crippen LogP contribution in [0.25, 0.3) is 0 Å². The average molecular weight is 320 g/mol. The molecule has 2 nitrogen and oxygen atoms in total. The lowest BCUT2D eigenvalue weighted by Crippen LogP contribution is -2.48. The molecule has 1 heterocycles. The maximum absolute atomic E-state index is 6.16. The fourth-order valence-corrected chi connectivity index (χ4v) is 5.32. The highest BCUT2D eigenvalue weighted by atomic mass is 32.2. The molecule has 3 rings (SSSR count). The third kappa shape index (κ3) is 2.61. The van der Waals surface area contributed by atoms with Crippen LogP contribution in [-0.4, -0.2) is 30.0 Å². The highest BCUT2D eigenvalue weighted by Gasteiger charge is 2.55. The minimum Gasteiger partial charge on any atom is -0.293 e. The molecular formula is C19H29NOS. The van der Waals surface area contributed by atoms with Crippen LogP contribution in [0.3, 0.4) is 0 Å². The fraction of sp³-hybridized carbons (Fsp3) is 0.684. The molecule has 1 aromatic carbocycles. The highest BCUT2D eigenvalue weighted by Crippen LogP contribution is 2.53. The van der Waals surface area contributed by atoms with Gasteiger partial charge in [-0.05, 0) is 62.0 Å². The maximum atomic E-state index is 6.16. The van der Waals surface area contributed by atoms with E-state index in [1.54, 1.807) is 0 Å². The van der Waals surface area contributed by atoms with E-state index in [1.807, 2.05) is 11.8 Å².